The van der Waals surface area contributed by atoms with E-state index in [2.05, 4.69) is 36.9 Å². The van der Waals surface area contributed by atoms with Crippen molar-refractivity contribution in [2.24, 2.45) is 0 Å². The van der Waals surface area contributed by atoms with Gasteiger partial charge in [-0.1, -0.05) is 0 Å². The van der Waals surface area contributed by atoms with Gasteiger partial charge in [0.05, 0.1) is 6.33 Å². The van der Waals surface area contributed by atoms with Gasteiger partial charge in [-0.15, -0.1) is 0 Å². The van der Waals surface area contributed by atoms with Gasteiger partial charge in [-0.25, -0.2) is 4.98 Å². The van der Waals surface area contributed by atoms with Crippen molar-refractivity contribution in [1.82, 2.24) is 9.55 Å². The van der Waals surface area contributed by atoms with Crippen LogP contribution in [0.2, 0.25) is 0 Å². The van der Waals surface area contributed by atoms with Gasteiger partial charge in [-0.05, 0) is 47.0 Å². The average molecular weight is 309 g/mol. The number of halogens is 1. The molecule has 1 aromatic heterocycles. The summed E-state index contributed by atoms with van der Waals surface area (Å²) in [6.07, 6.45) is 6.66. The molecule has 1 heterocycles. The van der Waals surface area contributed by atoms with Crippen LogP contribution < -0.4 is 11.1 Å². The number of aryl methyl sites for hydroxylation is 2. The molecule has 0 radical (unpaired) electrons. The molecular formula is C13H17BrN4. The predicted octanol–water partition coefficient (Wildman–Crippen LogP) is 3.04. The van der Waals surface area contributed by atoms with E-state index < -0.39 is 0 Å². The van der Waals surface area contributed by atoms with Gasteiger partial charge >= 0.3 is 0 Å². The predicted molar refractivity (Wildman–Crippen MR) is 78.6 cm³/mol. The topological polar surface area (TPSA) is 55.9 Å². The molecule has 0 aliphatic carbocycles. The summed E-state index contributed by atoms with van der Waals surface area (Å²) in [5, 5.41) is 3.41. The minimum absolute atomic E-state index is 0.811. The van der Waals surface area contributed by atoms with Crippen molar-refractivity contribution >= 4 is 27.3 Å². The highest BCUT2D eigenvalue weighted by molar-refractivity contribution is 9.10. The first-order chi connectivity index (χ1) is 8.66. The maximum Gasteiger partial charge on any atom is 0.0945 e. The Morgan fingerprint density at radius 1 is 1.44 bits per heavy atom. The molecule has 2 rings (SSSR count). The first kappa shape index (κ1) is 13.0. The number of nitrogens with one attached hydrogen (secondary N) is 1. The van der Waals surface area contributed by atoms with Crippen molar-refractivity contribution in [3.05, 3.63) is 40.9 Å². The summed E-state index contributed by atoms with van der Waals surface area (Å²) < 4.78 is 3.08. The van der Waals surface area contributed by atoms with Gasteiger partial charge in [0, 0.05) is 41.3 Å². The van der Waals surface area contributed by atoms with Crippen LogP contribution in [0.5, 0.6) is 0 Å². The van der Waals surface area contributed by atoms with Gasteiger partial charge < -0.3 is 15.6 Å². The molecule has 18 heavy (non-hydrogen) atoms. The Hall–Kier alpha value is -1.49. The van der Waals surface area contributed by atoms with Crippen molar-refractivity contribution in [2.45, 2.75) is 19.9 Å². The minimum Gasteiger partial charge on any atom is -0.398 e. The van der Waals surface area contributed by atoms with Crippen molar-refractivity contribution in [1.29, 1.82) is 0 Å². The molecule has 96 valence electrons. The highest BCUT2D eigenvalue weighted by Crippen LogP contribution is 2.27. The van der Waals surface area contributed by atoms with E-state index in [0.717, 1.165) is 40.9 Å². The first-order valence-corrected chi connectivity index (χ1v) is 6.71. The molecule has 0 fully saturated rings. The zero-order valence-electron chi connectivity index (χ0n) is 10.4. The third-order valence-electron chi connectivity index (χ3n) is 2.82. The number of rotatable bonds is 5. The fourth-order valence-corrected chi connectivity index (χ4v) is 2.24. The average Bonchev–Trinajstić information content (AvgIpc) is 2.84. The SMILES string of the molecule is Cc1cc(NCCCn2ccnc2)c(Br)cc1N. The van der Waals surface area contributed by atoms with Gasteiger partial charge in [-0.2, -0.15) is 0 Å². The number of nitrogens with two attached hydrogens (primary N) is 1. The van der Waals surface area contributed by atoms with E-state index in [-0.39, 0.29) is 0 Å². The van der Waals surface area contributed by atoms with Crippen LogP contribution in [0.25, 0.3) is 0 Å². The van der Waals surface area contributed by atoms with Crippen LogP contribution in [0.4, 0.5) is 11.4 Å². The summed E-state index contributed by atoms with van der Waals surface area (Å²) in [6.45, 7) is 3.90. The van der Waals surface area contributed by atoms with Gasteiger partial charge in [0.2, 0.25) is 0 Å². The van der Waals surface area contributed by atoms with Crippen LogP contribution >= 0.6 is 15.9 Å². The van der Waals surface area contributed by atoms with Crippen molar-refractivity contribution in [3.63, 3.8) is 0 Å². The molecule has 0 saturated heterocycles. The fourth-order valence-electron chi connectivity index (χ4n) is 1.74. The zero-order chi connectivity index (χ0) is 13.0. The van der Waals surface area contributed by atoms with Crippen LogP contribution in [0.1, 0.15) is 12.0 Å². The van der Waals surface area contributed by atoms with Crippen molar-refractivity contribution in [3.8, 4) is 0 Å². The Balaban J connectivity index is 1.85. The summed E-state index contributed by atoms with van der Waals surface area (Å²) >= 11 is 3.51. The monoisotopic (exact) mass is 308 g/mol. The number of benzene rings is 1. The molecule has 3 N–H and O–H groups in total. The van der Waals surface area contributed by atoms with Crippen molar-refractivity contribution < 1.29 is 0 Å². The van der Waals surface area contributed by atoms with E-state index in [9.17, 15) is 0 Å². The lowest BCUT2D eigenvalue weighted by Gasteiger charge is -2.11. The number of nitrogens with zero attached hydrogens (tertiary/aromatic N) is 2. The number of aromatic nitrogens is 2. The Morgan fingerprint density at radius 3 is 3.00 bits per heavy atom. The molecule has 0 aliphatic rings. The maximum absolute atomic E-state index is 5.84. The smallest absolute Gasteiger partial charge is 0.0945 e. The van der Waals surface area contributed by atoms with Gasteiger partial charge in [0.15, 0.2) is 0 Å². The number of imidazole rings is 1. The van der Waals surface area contributed by atoms with Gasteiger partial charge in [0.25, 0.3) is 0 Å². The summed E-state index contributed by atoms with van der Waals surface area (Å²) in [7, 11) is 0. The Morgan fingerprint density at radius 2 is 2.28 bits per heavy atom. The lowest BCUT2D eigenvalue weighted by molar-refractivity contribution is 0.660. The Labute approximate surface area is 115 Å². The number of anilines is 2. The molecule has 5 heteroatoms. The molecule has 4 nitrogen and oxygen atoms in total. The molecule has 0 spiro atoms. The summed E-state index contributed by atoms with van der Waals surface area (Å²) in [4.78, 5) is 4.02. The Kier molecular flexibility index (Phi) is 4.25. The first-order valence-electron chi connectivity index (χ1n) is 5.92. The lowest BCUT2D eigenvalue weighted by atomic mass is 10.2. The van der Waals surface area contributed by atoms with Crippen LogP contribution in [-0.2, 0) is 6.54 Å². The van der Waals surface area contributed by atoms with E-state index >= 15 is 0 Å². The number of hydrogen-bond donors (Lipinski definition) is 2. The van der Waals surface area contributed by atoms with Gasteiger partial charge in [-0.3, -0.25) is 0 Å². The fraction of sp³-hybridized carbons (Fsp3) is 0.308. The Bertz CT molecular complexity index is 508. The van der Waals surface area contributed by atoms with Crippen LogP contribution in [0, 0.1) is 6.92 Å². The molecule has 1 aromatic carbocycles. The van der Waals surface area contributed by atoms with E-state index in [1.54, 1.807) is 6.20 Å². The largest absolute Gasteiger partial charge is 0.398 e. The molecular weight excluding hydrogens is 292 g/mol. The zero-order valence-corrected chi connectivity index (χ0v) is 11.9. The number of nitrogen functional groups attached to an aromatic ring is 1. The van der Waals surface area contributed by atoms with Gasteiger partial charge in [0.1, 0.15) is 0 Å². The van der Waals surface area contributed by atoms with E-state index in [1.165, 1.54) is 0 Å². The van der Waals surface area contributed by atoms with E-state index in [0.29, 0.717) is 0 Å². The van der Waals surface area contributed by atoms with Crippen molar-refractivity contribution in [2.75, 3.05) is 17.6 Å². The quantitative estimate of drug-likeness (QED) is 0.659. The molecule has 0 bridgehead atoms. The maximum atomic E-state index is 5.84. The van der Waals surface area contributed by atoms with E-state index in [1.807, 2.05) is 25.5 Å². The highest BCUT2D eigenvalue weighted by atomic mass is 79.9. The highest BCUT2D eigenvalue weighted by Gasteiger charge is 2.02. The lowest BCUT2D eigenvalue weighted by Crippen LogP contribution is -2.06. The van der Waals surface area contributed by atoms with Crippen LogP contribution in [0.15, 0.2) is 35.3 Å². The second-order valence-corrected chi connectivity index (χ2v) is 5.12. The molecule has 0 aliphatic heterocycles. The second kappa shape index (κ2) is 5.91. The molecule has 2 aromatic rings. The minimum atomic E-state index is 0.811. The molecule has 0 atom stereocenters. The number of hydrogen-bond acceptors (Lipinski definition) is 3. The summed E-state index contributed by atoms with van der Waals surface area (Å²) in [5.74, 6) is 0. The normalized spacial score (nSPS) is 10.6. The van der Waals surface area contributed by atoms with Crippen LogP contribution in [0.3, 0.4) is 0 Å². The second-order valence-electron chi connectivity index (χ2n) is 4.27. The third-order valence-corrected chi connectivity index (χ3v) is 3.48. The molecule has 0 unspecified atom stereocenters. The van der Waals surface area contributed by atoms with Crippen LogP contribution in [-0.4, -0.2) is 16.1 Å². The summed E-state index contributed by atoms with van der Waals surface area (Å²) in [6, 6.07) is 4.00. The van der Waals surface area contributed by atoms with E-state index in [4.69, 9.17) is 5.73 Å². The molecule has 0 saturated carbocycles. The standard InChI is InChI=1S/C13H17BrN4/c1-10-7-13(11(14)8-12(10)15)17-3-2-5-18-6-4-16-9-18/h4,6-9,17H,2-3,5,15H2,1H3. The molecule has 0 amide bonds. The summed E-state index contributed by atoms with van der Waals surface area (Å²) in [5.41, 5.74) is 8.83. The third kappa shape index (κ3) is 3.26.